The molecule has 0 aromatic rings. The molecule has 0 bridgehead atoms. The maximum Gasteiger partial charge on any atom is 0.160 e. The van der Waals surface area contributed by atoms with Crippen molar-refractivity contribution in [3.8, 4) is 0 Å². The predicted molar refractivity (Wildman–Crippen MR) is 50.3 cm³/mol. The van der Waals surface area contributed by atoms with Crippen LogP contribution in [0, 0.1) is 11.8 Å². The van der Waals surface area contributed by atoms with Crippen LogP contribution in [0.15, 0.2) is 0 Å². The van der Waals surface area contributed by atoms with E-state index in [1.807, 2.05) is 20.8 Å². The summed E-state index contributed by atoms with van der Waals surface area (Å²) in [5, 5.41) is 9.84. The van der Waals surface area contributed by atoms with Crippen molar-refractivity contribution < 1.29 is 14.6 Å². The van der Waals surface area contributed by atoms with Crippen molar-refractivity contribution in [3.63, 3.8) is 0 Å². The van der Waals surface area contributed by atoms with Crippen molar-refractivity contribution in [2.75, 3.05) is 7.11 Å². The molecule has 1 N–H and O–H groups in total. The molecule has 3 nitrogen and oxygen atoms in total. The number of methoxy groups -OCH3 is 1. The molecule has 3 heteroatoms. The molecule has 1 heterocycles. The molecule has 1 aliphatic heterocycles. The third-order valence-corrected chi connectivity index (χ3v) is 3.12. The SMILES string of the molecule is CCC1O[C@H](OC)C(C)[C@@H](C)[C@@H]1O. The number of rotatable bonds is 2. The van der Waals surface area contributed by atoms with Crippen LogP contribution in [0.2, 0.25) is 0 Å². The molecule has 13 heavy (non-hydrogen) atoms. The van der Waals surface area contributed by atoms with Gasteiger partial charge in [0, 0.05) is 13.0 Å². The first-order chi connectivity index (χ1) is 6.11. The van der Waals surface area contributed by atoms with Gasteiger partial charge in [0.15, 0.2) is 6.29 Å². The molecule has 1 aliphatic rings. The largest absolute Gasteiger partial charge is 0.390 e. The average molecular weight is 188 g/mol. The fourth-order valence-corrected chi connectivity index (χ4v) is 1.88. The van der Waals surface area contributed by atoms with Crippen molar-refractivity contribution in [1.29, 1.82) is 0 Å². The first kappa shape index (κ1) is 11.0. The van der Waals surface area contributed by atoms with Gasteiger partial charge in [-0.3, -0.25) is 0 Å². The Morgan fingerprint density at radius 3 is 2.38 bits per heavy atom. The summed E-state index contributed by atoms with van der Waals surface area (Å²) in [5.74, 6) is 0.492. The van der Waals surface area contributed by atoms with E-state index in [9.17, 15) is 5.11 Å². The highest BCUT2D eigenvalue weighted by Crippen LogP contribution is 2.31. The molecule has 0 aromatic carbocycles. The Kier molecular flexibility index (Phi) is 3.71. The van der Waals surface area contributed by atoms with E-state index in [2.05, 4.69) is 0 Å². The van der Waals surface area contributed by atoms with Crippen LogP contribution < -0.4 is 0 Å². The highest BCUT2D eigenvalue weighted by molar-refractivity contribution is 4.83. The van der Waals surface area contributed by atoms with E-state index < -0.39 is 0 Å². The van der Waals surface area contributed by atoms with E-state index in [0.29, 0.717) is 0 Å². The minimum atomic E-state index is -0.355. The van der Waals surface area contributed by atoms with Gasteiger partial charge in [-0.1, -0.05) is 20.8 Å². The summed E-state index contributed by atoms with van der Waals surface area (Å²) < 4.78 is 10.8. The third kappa shape index (κ3) is 2.03. The zero-order valence-electron chi connectivity index (χ0n) is 8.86. The minimum Gasteiger partial charge on any atom is -0.390 e. The number of aliphatic hydroxyl groups excluding tert-OH is 1. The lowest BCUT2D eigenvalue weighted by Gasteiger charge is -2.41. The van der Waals surface area contributed by atoms with E-state index in [0.717, 1.165) is 6.42 Å². The van der Waals surface area contributed by atoms with E-state index in [4.69, 9.17) is 9.47 Å². The molecule has 1 rings (SSSR count). The normalized spacial score (nSPS) is 46.4. The van der Waals surface area contributed by atoms with Crippen LogP contribution in [-0.4, -0.2) is 30.7 Å². The Balaban J connectivity index is 2.66. The Bertz CT molecular complexity index is 140. The third-order valence-electron chi connectivity index (χ3n) is 3.12. The van der Waals surface area contributed by atoms with Gasteiger partial charge in [0.2, 0.25) is 0 Å². The van der Waals surface area contributed by atoms with Crippen LogP contribution in [0.3, 0.4) is 0 Å². The number of hydrogen-bond acceptors (Lipinski definition) is 3. The Morgan fingerprint density at radius 2 is 1.92 bits per heavy atom. The molecule has 0 saturated carbocycles. The van der Waals surface area contributed by atoms with Gasteiger partial charge in [0.05, 0.1) is 12.2 Å². The van der Waals surface area contributed by atoms with Crippen molar-refractivity contribution in [2.24, 2.45) is 11.8 Å². The predicted octanol–water partition coefficient (Wildman–Crippen LogP) is 1.40. The molecule has 0 radical (unpaired) electrons. The zero-order valence-corrected chi connectivity index (χ0v) is 8.86. The van der Waals surface area contributed by atoms with E-state index in [1.54, 1.807) is 7.11 Å². The first-order valence-corrected chi connectivity index (χ1v) is 4.98. The summed E-state index contributed by atoms with van der Waals surface area (Å²) in [6, 6.07) is 0. The minimum absolute atomic E-state index is 0.0730. The van der Waals surface area contributed by atoms with Crippen LogP contribution in [0.1, 0.15) is 27.2 Å². The summed E-state index contributed by atoms with van der Waals surface area (Å²) in [6.07, 6.45) is 0.240. The molecule has 1 saturated heterocycles. The maximum absolute atomic E-state index is 9.84. The smallest absolute Gasteiger partial charge is 0.160 e. The second-order valence-electron chi connectivity index (χ2n) is 3.90. The van der Waals surface area contributed by atoms with Crippen LogP contribution in [0.4, 0.5) is 0 Å². The van der Waals surface area contributed by atoms with Crippen molar-refractivity contribution >= 4 is 0 Å². The summed E-state index contributed by atoms with van der Waals surface area (Å²) in [4.78, 5) is 0. The second-order valence-corrected chi connectivity index (χ2v) is 3.90. The molecule has 78 valence electrons. The summed E-state index contributed by atoms with van der Waals surface area (Å²) >= 11 is 0. The molecule has 2 unspecified atom stereocenters. The van der Waals surface area contributed by atoms with Gasteiger partial charge < -0.3 is 14.6 Å². The van der Waals surface area contributed by atoms with E-state index in [-0.39, 0.29) is 30.3 Å². The van der Waals surface area contributed by atoms with Crippen molar-refractivity contribution in [3.05, 3.63) is 0 Å². The Labute approximate surface area is 80.0 Å². The molecular weight excluding hydrogens is 168 g/mol. The van der Waals surface area contributed by atoms with Gasteiger partial charge in [0.25, 0.3) is 0 Å². The van der Waals surface area contributed by atoms with Gasteiger partial charge in [-0.15, -0.1) is 0 Å². The molecule has 0 aliphatic carbocycles. The van der Waals surface area contributed by atoms with Gasteiger partial charge in [-0.2, -0.15) is 0 Å². The molecule has 5 atom stereocenters. The lowest BCUT2D eigenvalue weighted by Crippen LogP contribution is -2.49. The first-order valence-electron chi connectivity index (χ1n) is 4.98. The van der Waals surface area contributed by atoms with Crippen molar-refractivity contribution in [2.45, 2.75) is 45.7 Å². The van der Waals surface area contributed by atoms with Crippen LogP contribution in [0.25, 0.3) is 0 Å². The molecule has 0 amide bonds. The quantitative estimate of drug-likeness (QED) is 0.712. The monoisotopic (exact) mass is 188 g/mol. The van der Waals surface area contributed by atoms with Crippen LogP contribution >= 0.6 is 0 Å². The number of hydrogen-bond donors (Lipinski definition) is 1. The second kappa shape index (κ2) is 4.40. The molecular formula is C10H20O3. The van der Waals surface area contributed by atoms with Gasteiger partial charge >= 0.3 is 0 Å². The molecule has 0 aromatic heterocycles. The summed E-state index contributed by atoms with van der Waals surface area (Å²) in [6.45, 7) is 6.11. The fraction of sp³-hybridized carbons (Fsp3) is 1.00. The molecule has 0 spiro atoms. The summed E-state index contributed by atoms with van der Waals surface area (Å²) in [5.41, 5.74) is 0. The van der Waals surface area contributed by atoms with Gasteiger partial charge in [-0.05, 0) is 12.3 Å². The number of ether oxygens (including phenoxy) is 2. The highest BCUT2D eigenvalue weighted by atomic mass is 16.7. The molecule has 1 fully saturated rings. The fourth-order valence-electron chi connectivity index (χ4n) is 1.88. The van der Waals surface area contributed by atoms with E-state index in [1.165, 1.54) is 0 Å². The average Bonchev–Trinajstić information content (AvgIpc) is 2.15. The van der Waals surface area contributed by atoms with Crippen LogP contribution in [0.5, 0.6) is 0 Å². The Morgan fingerprint density at radius 1 is 1.31 bits per heavy atom. The van der Waals surface area contributed by atoms with E-state index >= 15 is 0 Å². The highest BCUT2D eigenvalue weighted by Gasteiger charge is 2.39. The maximum atomic E-state index is 9.84. The van der Waals surface area contributed by atoms with Gasteiger partial charge in [-0.25, -0.2) is 0 Å². The standard InChI is InChI=1S/C10H20O3/c1-5-8-9(11)6(2)7(3)10(12-4)13-8/h6-11H,5H2,1-4H3/t6-,7?,8?,9+,10+/m1/s1. The number of aliphatic hydroxyl groups is 1. The topological polar surface area (TPSA) is 38.7 Å². The summed E-state index contributed by atoms with van der Waals surface area (Å²) in [7, 11) is 1.65. The van der Waals surface area contributed by atoms with Crippen molar-refractivity contribution in [1.82, 2.24) is 0 Å². The van der Waals surface area contributed by atoms with Gasteiger partial charge in [0.1, 0.15) is 0 Å². The van der Waals surface area contributed by atoms with Crippen LogP contribution in [-0.2, 0) is 9.47 Å². The zero-order chi connectivity index (χ0) is 10.0. The lowest BCUT2D eigenvalue weighted by atomic mass is 9.84. The Hall–Kier alpha value is -0.120. The lowest BCUT2D eigenvalue weighted by molar-refractivity contribution is -0.254.